The van der Waals surface area contributed by atoms with Crippen molar-refractivity contribution in [2.75, 3.05) is 6.61 Å². The Balaban J connectivity index is 0.00000121. The second-order valence-corrected chi connectivity index (χ2v) is 5.66. The van der Waals surface area contributed by atoms with E-state index in [4.69, 9.17) is 4.74 Å². The smallest absolute Gasteiger partial charge is 0.137 e. The van der Waals surface area contributed by atoms with E-state index in [2.05, 4.69) is 42.1 Å². The van der Waals surface area contributed by atoms with Crippen molar-refractivity contribution in [2.45, 2.75) is 38.8 Å². The summed E-state index contributed by atoms with van der Waals surface area (Å²) in [5.74, 6) is 0.605. The van der Waals surface area contributed by atoms with Gasteiger partial charge in [-0.2, -0.15) is 34.9 Å². The summed E-state index contributed by atoms with van der Waals surface area (Å²) in [4.78, 5) is 4.03. The summed E-state index contributed by atoms with van der Waals surface area (Å²) in [5.41, 5.74) is 2.02. The van der Waals surface area contributed by atoms with Crippen LogP contribution in [-0.2, 0) is 82.3 Å². The zero-order chi connectivity index (χ0) is 14.0. The van der Waals surface area contributed by atoms with Gasteiger partial charge in [-0.15, -0.1) is 5.56 Å². The molecule has 2 aromatic rings. The molecule has 0 N–H and O–H groups in total. The van der Waals surface area contributed by atoms with Crippen molar-refractivity contribution in [3.63, 3.8) is 0 Å². The zero-order valence-corrected chi connectivity index (χ0v) is 18.9. The first-order valence-corrected chi connectivity index (χ1v) is 7.17. The molecule has 0 aliphatic carbocycles. The Kier molecular flexibility index (Phi) is 8.53. The first kappa shape index (κ1) is 20.6. The van der Waals surface area contributed by atoms with Crippen LogP contribution in [0.15, 0.2) is 30.9 Å². The molecule has 2 radical (unpaired) electrons. The van der Waals surface area contributed by atoms with Gasteiger partial charge in [0.2, 0.25) is 0 Å². The minimum atomic E-state index is -0.317. The topological polar surface area (TPSA) is 39.9 Å². The van der Waals surface area contributed by atoms with Crippen molar-refractivity contribution in [3.05, 3.63) is 48.0 Å². The number of benzene rings is 1. The van der Waals surface area contributed by atoms with Gasteiger partial charge >= 0.3 is 0 Å². The molecule has 1 aliphatic heterocycles. The molecule has 1 aromatic heterocycles. The SMILES string of the molecule is CC[C@@H]1CO[C@@](Cn2cncn2)(c2[c-]cc(C)cc2)C1.[Y].[Y]. The summed E-state index contributed by atoms with van der Waals surface area (Å²) in [6.07, 6.45) is 5.48. The zero-order valence-electron chi connectivity index (χ0n) is 13.2. The molecule has 1 aromatic carbocycles. The fraction of sp³-hybridized carbons (Fsp3) is 0.500. The van der Waals surface area contributed by atoms with Crippen LogP contribution in [0.5, 0.6) is 0 Å². The number of hydrogen-bond donors (Lipinski definition) is 0. The van der Waals surface area contributed by atoms with Gasteiger partial charge in [-0.1, -0.05) is 20.3 Å². The molecule has 2 heterocycles. The Morgan fingerprint density at radius 2 is 2.23 bits per heavy atom. The molecular weight excluding hydrogens is 428 g/mol. The summed E-state index contributed by atoms with van der Waals surface area (Å²) >= 11 is 0. The Morgan fingerprint density at radius 1 is 1.41 bits per heavy atom. The van der Waals surface area contributed by atoms with E-state index in [1.807, 2.05) is 10.7 Å². The third kappa shape index (κ3) is 4.54. The fourth-order valence-corrected chi connectivity index (χ4v) is 2.87. The van der Waals surface area contributed by atoms with Gasteiger partial charge in [0.1, 0.15) is 12.7 Å². The molecule has 22 heavy (non-hydrogen) atoms. The molecule has 0 saturated carbocycles. The molecule has 0 unspecified atom stereocenters. The van der Waals surface area contributed by atoms with Gasteiger partial charge in [-0.25, -0.2) is 9.67 Å². The molecule has 0 amide bonds. The molecule has 0 spiro atoms. The average Bonchev–Trinajstić information content (AvgIpc) is 3.10. The van der Waals surface area contributed by atoms with Crippen LogP contribution in [0.3, 0.4) is 0 Å². The molecule has 6 heteroatoms. The number of nitrogens with zero attached hydrogens (tertiary/aromatic N) is 3. The maximum atomic E-state index is 6.22. The van der Waals surface area contributed by atoms with Crippen LogP contribution in [-0.4, -0.2) is 21.4 Å². The van der Waals surface area contributed by atoms with Gasteiger partial charge in [-0.05, 0) is 12.3 Å². The summed E-state index contributed by atoms with van der Waals surface area (Å²) in [6, 6.07) is 9.67. The van der Waals surface area contributed by atoms with Gasteiger partial charge in [-0.3, -0.25) is 0 Å². The van der Waals surface area contributed by atoms with E-state index < -0.39 is 0 Å². The second kappa shape index (κ2) is 9.13. The summed E-state index contributed by atoms with van der Waals surface area (Å²) in [6.45, 7) is 5.81. The van der Waals surface area contributed by atoms with Crippen LogP contribution in [0.25, 0.3) is 0 Å². The Morgan fingerprint density at radius 3 is 2.77 bits per heavy atom. The first-order chi connectivity index (χ1) is 9.72. The molecule has 1 fully saturated rings. The standard InChI is InChI=1S/C16H20N3O.2Y/c1-3-14-8-16(20-9-14,10-19-12-17-11-18-19)15-6-4-13(2)5-7-15;;/h4-6,11-12,14H,3,8-10H2,1-2H3;;/q-1;;/t14-,16-;;/m0../s1. The van der Waals surface area contributed by atoms with Crippen molar-refractivity contribution in [1.82, 2.24) is 14.8 Å². The van der Waals surface area contributed by atoms with Gasteiger partial charge < -0.3 is 4.74 Å². The molecule has 1 aliphatic rings. The molecule has 3 rings (SSSR count). The molecule has 1 saturated heterocycles. The fourth-order valence-electron chi connectivity index (χ4n) is 2.87. The van der Waals surface area contributed by atoms with E-state index in [0.29, 0.717) is 12.5 Å². The maximum Gasteiger partial charge on any atom is 0.137 e. The summed E-state index contributed by atoms with van der Waals surface area (Å²) in [7, 11) is 0. The minimum absolute atomic E-state index is 0. The molecule has 4 nitrogen and oxygen atoms in total. The number of ether oxygens (including phenoxy) is 1. The van der Waals surface area contributed by atoms with Crippen LogP contribution in [0.1, 0.15) is 30.9 Å². The number of rotatable bonds is 4. The van der Waals surface area contributed by atoms with Crippen molar-refractivity contribution in [1.29, 1.82) is 0 Å². The van der Waals surface area contributed by atoms with Crippen LogP contribution < -0.4 is 0 Å². The Bertz CT molecular complexity index is 559. The first-order valence-electron chi connectivity index (χ1n) is 7.17. The van der Waals surface area contributed by atoms with Crippen molar-refractivity contribution in [3.8, 4) is 0 Å². The van der Waals surface area contributed by atoms with Crippen LogP contribution in [0, 0.1) is 18.9 Å². The monoisotopic (exact) mass is 448 g/mol. The van der Waals surface area contributed by atoms with E-state index in [0.717, 1.165) is 25.0 Å². The van der Waals surface area contributed by atoms with Gasteiger partial charge in [0.25, 0.3) is 0 Å². The predicted molar refractivity (Wildman–Crippen MR) is 76.1 cm³/mol. The van der Waals surface area contributed by atoms with Gasteiger partial charge in [0.05, 0.1) is 18.8 Å². The Labute approximate surface area is 182 Å². The minimum Gasteiger partial charge on any atom is -0.370 e. The average molecular weight is 448 g/mol. The van der Waals surface area contributed by atoms with E-state index in [1.165, 1.54) is 5.56 Å². The molecule has 0 bridgehead atoms. The van der Waals surface area contributed by atoms with E-state index in [1.54, 1.807) is 12.7 Å². The molecule has 112 valence electrons. The van der Waals surface area contributed by atoms with Gasteiger partial charge in [0.15, 0.2) is 0 Å². The summed E-state index contributed by atoms with van der Waals surface area (Å²) in [5, 5.41) is 4.23. The number of aryl methyl sites for hydroxylation is 1. The quantitative estimate of drug-likeness (QED) is 0.676. The number of aromatic nitrogens is 3. The third-order valence-electron chi connectivity index (χ3n) is 4.13. The molecule has 2 atom stereocenters. The third-order valence-corrected chi connectivity index (χ3v) is 4.13. The van der Waals surface area contributed by atoms with Crippen molar-refractivity contribution >= 4 is 0 Å². The Hall–Kier alpha value is 0.528. The predicted octanol–water partition coefficient (Wildman–Crippen LogP) is 2.72. The van der Waals surface area contributed by atoms with E-state index in [9.17, 15) is 0 Å². The normalized spacial score (nSPS) is 23.6. The van der Waals surface area contributed by atoms with E-state index >= 15 is 0 Å². The number of hydrogen-bond acceptors (Lipinski definition) is 3. The maximum absolute atomic E-state index is 6.22. The molecular formula is C16H20N3OY2-. The van der Waals surface area contributed by atoms with Gasteiger partial charge in [0, 0.05) is 65.4 Å². The van der Waals surface area contributed by atoms with Crippen LogP contribution >= 0.6 is 0 Å². The van der Waals surface area contributed by atoms with Crippen molar-refractivity contribution in [2.24, 2.45) is 5.92 Å². The van der Waals surface area contributed by atoms with Crippen LogP contribution in [0.4, 0.5) is 0 Å². The second-order valence-electron chi connectivity index (χ2n) is 5.66. The van der Waals surface area contributed by atoms with E-state index in [-0.39, 0.29) is 71.0 Å². The largest absolute Gasteiger partial charge is 0.370 e. The summed E-state index contributed by atoms with van der Waals surface area (Å²) < 4.78 is 8.08. The van der Waals surface area contributed by atoms with Crippen molar-refractivity contribution < 1.29 is 70.2 Å². The van der Waals surface area contributed by atoms with Crippen LogP contribution in [0.2, 0.25) is 0 Å².